The second kappa shape index (κ2) is 58.2. The van der Waals surface area contributed by atoms with E-state index in [2.05, 4.69) is 48.5 Å². The third-order valence-corrected chi connectivity index (χ3v) is 17.3. The lowest BCUT2D eigenvalue weighted by Crippen LogP contribution is -2.30. The fraction of sp³-hybridized carbons (Fsp3) is 0.940. The van der Waals surface area contributed by atoms with Gasteiger partial charge in [-0.15, -0.1) is 0 Å². The number of aliphatic hydroxyl groups excluding tert-OH is 1. The van der Waals surface area contributed by atoms with Crippen LogP contribution in [-0.2, 0) is 65.4 Å². The highest BCUT2D eigenvalue weighted by Crippen LogP contribution is 2.45. The largest absolute Gasteiger partial charge is 0.472 e. The fourth-order valence-electron chi connectivity index (χ4n) is 10.0. The van der Waals surface area contributed by atoms with Crippen molar-refractivity contribution >= 4 is 39.5 Å². The van der Waals surface area contributed by atoms with Crippen LogP contribution >= 0.6 is 15.6 Å². The molecule has 0 amide bonds. The summed E-state index contributed by atoms with van der Waals surface area (Å²) in [5.41, 5.74) is 0. The predicted molar refractivity (Wildman–Crippen MR) is 344 cm³/mol. The van der Waals surface area contributed by atoms with Crippen molar-refractivity contribution in [3.8, 4) is 0 Å². The Morgan fingerprint density at radius 1 is 0.314 bits per heavy atom. The number of rotatable bonds is 65. The molecule has 5 atom stereocenters. The number of hydrogen-bond acceptors (Lipinski definition) is 15. The van der Waals surface area contributed by atoms with E-state index in [1.807, 2.05) is 0 Å². The van der Waals surface area contributed by atoms with Gasteiger partial charge in [0.15, 0.2) is 12.2 Å². The van der Waals surface area contributed by atoms with Gasteiger partial charge < -0.3 is 33.8 Å². The van der Waals surface area contributed by atoms with Crippen LogP contribution in [0.25, 0.3) is 0 Å². The molecular formula is C67H130O17P2. The molecule has 0 rings (SSSR count). The van der Waals surface area contributed by atoms with Gasteiger partial charge in [-0.3, -0.25) is 37.3 Å². The Hall–Kier alpha value is -1.94. The van der Waals surface area contributed by atoms with E-state index in [4.69, 9.17) is 37.0 Å². The molecule has 0 aromatic heterocycles. The van der Waals surface area contributed by atoms with Crippen molar-refractivity contribution in [1.82, 2.24) is 0 Å². The van der Waals surface area contributed by atoms with Crippen LogP contribution in [0.1, 0.15) is 331 Å². The number of carbonyl (C=O) groups is 4. The zero-order valence-corrected chi connectivity index (χ0v) is 57.6. The number of ether oxygens (including phenoxy) is 4. The molecule has 0 aliphatic heterocycles. The summed E-state index contributed by atoms with van der Waals surface area (Å²) in [6.07, 6.45) is 40.7. The molecule has 0 aliphatic rings. The molecule has 0 saturated carbocycles. The summed E-state index contributed by atoms with van der Waals surface area (Å²) in [7, 11) is -9.89. The molecule has 3 N–H and O–H groups in total. The molecule has 2 unspecified atom stereocenters. The summed E-state index contributed by atoms with van der Waals surface area (Å²) < 4.78 is 68.0. The van der Waals surface area contributed by atoms with Gasteiger partial charge in [0.2, 0.25) is 0 Å². The maximum Gasteiger partial charge on any atom is 0.472 e. The number of phosphoric acid groups is 2. The first-order valence-corrected chi connectivity index (χ1v) is 37.8. The first-order valence-electron chi connectivity index (χ1n) is 34.8. The molecule has 19 heteroatoms. The van der Waals surface area contributed by atoms with Crippen molar-refractivity contribution < 1.29 is 80.2 Å². The molecule has 17 nitrogen and oxygen atoms in total. The summed E-state index contributed by atoms with van der Waals surface area (Å²) in [6.45, 7) is 11.7. The van der Waals surface area contributed by atoms with Crippen LogP contribution in [0.2, 0.25) is 0 Å². The Balaban J connectivity index is 5.18. The van der Waals surface area contributed by atoms with Crippen molar-refractivity contribution in [3.05, 3.63) is 0 Å². The Bertz CT molecular complexity index is 1700. The van der Waals surface area contributed by atoms with Crippen molar-refractivity contribution in [1.29, 1.82) is 0 Å². The minimum atomic E-state index is -4.95. The smallest absolute Gasteiger partial charge is 0.462 e. The lowest BCUT2D eigenvalue weighted by Gasteiger charge is -2.21. The Morgan fingerprint density at radius 2 is 0.535 bits per heavy atom. The number of unbranched alkanes of at least 4 members (excludes halogenated alkanes) is 33. The lowest BCUT2D eigenvalue weighted by atomic mass is 10.0. The molecule has 0 fully saturated rings. The van der Waals surface area contributed by atoms with E-state index in [1.54, 1.807) is 0 Å². The molecule has 0 saturated heterocycles. The first kappa shape index (κ1) is 84.1. The summed E-state index contributed by atoms with van der Waals surface area (Å²) >= 11 is 0. The van der Waals surface area contributed by atoms with E-state index >= 15 is 0 Å². The SMILES string of the molecule is CCCCCCCCCCCCC(=O)OC[C@H](COP(=O)(O)OC[C@@H](O)COP(=O)(O)OC[C@@H](COC(=O)CCCCCCCCC(C)C)OC(=O)CCCCCCCCC(C)C)OC(=O)CCCCCCCCCCCCCCCCCC(C)C. The van der Waals surface area contributed by atoms with Gasteiger partial charge >= 0.3 is 39.5 Å². The van der Waals surface area contributed by atoms with Gasteiger partial charge in [0.05, 0.1) is 26.4 Å². The van der Waals surface area contributed by atoms with Crippen LogP contribution in [-0.4, -0.2) is 96.7 Å². The van der Waals surface area contributed by atoms with E-state index in [-0.39, 0.29) is 25.7 Å². The van der Waals surface area contributed by atoms with Crippen LogP contribution < -0.4 is 0 Å². The minimum absolute atomic E-state index is 0.101. The molecule has 0 bridgehead atoms. The molecule has 0 spiro atoms. The monoisotopic (exact) mass is 1270 g/mol. The van der Waals surface area contributed by atoms with Gasteiger partial charge in [-0.2, -0.15) is 0 Å². The van der Waals surface area contributed by atoms with E-state index in [9.17, 15) is 43.2 Å². The highest BCUT2D eigenvalue weighted by Gasteiger charge is 2.30. The molecule has 0 heterocycles. The maximum absolute atomic E-state index is 13.0. The van der Waals surface area contributed by atoms with Crippen LogP contribution in [0, 0.1) is 17.8 Å². The molecular weight excluding hydrogens is 1140 g/mol. The van der Waals surface area contributed by atoms with Gasteiger partial charge in [-0.05, 0) is 43.4 Å². The van der Waals surface area contributed by atoms with E-state index in [0.717, 1.165) is 102 Å². The zero-order valence-electron chi connectivity index (χ0n) is 55.8. The maximum atomic E-state index is 13.0. The Kier molecular flexibility index (Phi) is 56.9. The Morgan fingerprint density at radius 3 is 0.791 bits per heavy atom. The number of esters is 4. The molecule has 0 radical (unpaired) electrons. The first-order chi connectivity index (χ1) is 41.2. The second-order valence-electron chi connectivity index (χ2n) is 25.6. The molecule has 0 aliphatic carbocycles. The third-order valence-electron chi connectivity index (χ3n) is 15.4. The highest BCUT2D eigenvalue weighted by atomic mass is 31.2. The Labute approximate surface area is 524 Å². The van der Waals surface area contributed by atoms with Crippen molar-refractivity contribution in [2.24, 2.45) is 17.8 Å². The number of hydrogen-bond donors (Lipinski definition) is 3. The molecule has 510 valence electrons. The van der Waals surface area contributed by atoms with Crippen LogP contribution in [0.5, 0.6) is 0 Å². The van der Waals surface area contributed by atoms with E-state index < -0.39 is 97.5 Å². The van der Waals surface area contributed by atoms with Crippen molar-refractivity contribution in [2.75, 3.05) is 39.6 Å². The normalized spacial score (nSPS) is 14.3. The quantitative estimate of drug-likeness (QED) is 0.0222. The van der Waals surface area contributed by atoms with Crippen molar-refractivity contribution in [2.45, 2.75) is 349 Å². The molecule has 0 aromatic carbocycles. The van der Waals surface area contributed by atoms with Crippen LogP contribution in [0.15, 0.2) is 0 Å². The third kappa shape index (κ3) is 60.9. The zero-order chi connectivity index (χ0) is 63.8. The topological polar surface area (TPSA) is 237 Å². The van der Waals surface area contributed by atoms with Gasteiger partial charge in [0.25, 0.3) is 0 Å². The molecule has 86 heavy (non-hydrogen) atoms. The summed E-state index contributed by atoms with van der Waals surface area (Å²) in [6, 6.07) is 0. The fourth-order valence-corrected chi connectivity index (χ4v) is 11.6. The number of aliphatic hydroxyl groups is 1. The molecule has 0 aromatic rings. The second-order valence-corrected chi connectivity index (χ2v) is 28.5. The van der Waals surface area contributed by atoms with Gasteiger partial charge in [0.1, 0.15) is 19.3 Å². The predicted octanol–water partition coefficient (Wildman–Crippen LogP) is 18.7. The number of carbonyl (C=O) groups excluding carboxylic acids is 4. The van der Waals surface area contributed by atoms with Crippen LogP contribution in [0.3, 0.4) is 0 Å². The minimum Gasteiger partial charge on any atom is -0.462 e. The highest BCUT2D eigenvalue weighted by molar-refractivity contribution is 7.47. The van der Waals surface area contributed by atoms with Gasteiger partial charge in [-0.25, -0.2) is 9.13 Å². The summed E-state index contributed by atoms with van der Waals surface area (Å²) in [5.74, 6) is 0.0143. The average molecular weight is 1270 g/mol. The average Bonchev–Trinajstić information content (AvgIpc) is 3.51. The van der Waals surface area contributed by atoms with E-state index in [1.165, 1.54) is 135 Å². The van der Waals surface area contributed by atoms with Crippen molar-refractivity contribution in [3.63, 3.8) is 0 Å². The summed E-state index contributed by atoms with van der Waals surface area (Å²) in [5, 5.41) is 10.5. The summed E-state index contributed by atoms with van der Waals surface area (Å²) in [4.78, 5) is 72.2. The van der Waals surface area contributed by atoms with Gasteiger partial charge in [-0.1, -0.05) is 280 Å². The number of phosphoric ester groups is 2. The standard InChI is InChI=1S/C67H130O17P2/c1-8-9-10-11-12-13-22-25-34-41-48-64(69)77-54-62(83-66(71)50-43-36-26-23-20-18-16-14-15-17-19-21-24-31-38-45-58(2)3)56-81-85(73,74)79-52-61(68)53-80-86(75,76)82-57-63(84-67(72)51-44-37-30-28-33-40-47-60(6)7)55-78-65(70)49-42-35-29-27-32-39-46-59(4)5/h58-63,68H,8-57H2,1-7H3,(H,73,74)(H,75,76)/t61-,62-,63-/m1/s1. The van der Waals surface area contributed by atoms with Gasteiger partial charge in [0, 0.05) is 25.7 Å². The lowest BCUT2D eigenvalue weighted by molar-refractivity contribution is -0.161. The van der Waals surface area contributed by atoms with Crippen LogP contribution in [0.4, 0.5) is 0 Å². The van der Waals surface area contributed by atoms with E-state index in [0.29, 0.717) is 37.5 Å².